The third-order valence-electron chi connectivity index (χ3n) is 4.05. The first-order chi connectivity index (χ1) is 11.7. The van der Waals surface area contributed by atoms with Crippen molar-refractivity contribution >= 4 is 17.5 Å². The second-order valence-corrected chi connectivity index (χ2v) is 5.82. The van der Waals surface area contributed by atoms with Crippen molar-refractivity contribution in [3.05, 3.63) is 54.2 Å². The maximum Gasteiger partial charge on any atom is 0.437 e. The predicted molar refractivity (Wildman–Crippen MR) is 88.3 cm³/mol. The molecule has 1 heterocycles. The van der Waals surface area contributed by atoms with Gasteiger partial charge in [0, 0.05) is 18.0 Å². The zero-order valence-corrected chi connectivity index (χ0v) is 13.2. The maximum absolute atomic E-state index is 13.1. The van der Waals surface area contributed by atoms with Crippen molar-refractivity contribution < 1.29 is 18.4 Å². The fourth-order valence-corrected chi connectivity index (χ4v) is 2.89. The van der Waals surface area contributed by atoms with Gasteiger partial charge in [0.1, 0.15) is 11.6 Å². The number of nitrogens with zero attached hydrogens (tertiary/aromatic N) is 1. The van der Waals surface area contributed by atoms with E-state index in [1.54, 1.807) is 12.3 Å². The number of oxime groups is 1. The van der Waals surface area contributed by atoms with Gasteiger partial charge in [0.05, 0.1) is 12.0 Å². The van der Waals surface area contributed by atoms with E-state index < -0.39 is 11.9 Å². The molecular formula is C18H19FN2O3. The molecule has 3 rings (SSSR count). The molecule has 0 saturated heterocycles. The number of hydrogen-bond donors (Lipinski definition) is 1. The van der Waals surface area contributed by atoms with E-state index in [1.807, 2.05) is 12.1 Å². The quantitative estimate of drug-likeness (QED) is 0.649. The summed E-state index contributed by atoms with van der Waals surface area (Å²) in [5, 5.41) is 6.49. The van der Waals surface area contributed by atoms with E-state index in [-0.39, 0.29) is 5.92 Å². The minimum absolute atomic E-state index is 0.215. The number of anilines is 1. The molecule has 126 valence electrons. The van der Waals surface area contributed by atoms with Crippen LogP contribution in [0.5, 0.6) is 0 Å². The van der Waals surface area contributed by atoms with Crippen molar-refractivity contribution in [3.8, 4) is 0 Å². The third kappa shape index (κ3) is 4.44. The zero-order chi connectivity index (χ0) is 16.8. The minimum atomic E-state index is -0.726. The Morgan fingerprint density at radius 3 is 3.04 bits per heavy atom. The Bertz CT molecular complexity index is 713. The van der Waals surface area contributed by atoms with Crippen LogP contribution in [-0.4, -0.2) is 11.8 Å². The molecule has 1 aliphatic rings. The van der Waals surface area contributed by atoms with E-state index in [0.717, 1.165) is 43.6 Å². The average Bonchev–Trinajstić information content (AvgIpc) is 3.07. The van der Waals surface area contributed by atoms with E-state index >= 15 is 0 Å². The van der Waals surface area contributed by atoms with Crippen LogP contribution < -0.4 is 5.32 Å². The lowest BCUT2D eigenvalue weighted by molar-refractivity contribution is 0.164. The number of carbonyl (C=O) groups excluding carboxylic acids is 1. The summed E-state index contributed by atoms with van der Waals surface area (Å²) >= 11 is 0. The van der Waals surface area contributed by atoms with Gasteiger partial charge >= 0.3 is 6.09 Å². The summed E-state index contributed by atoms with van der Waals surface area (Å²) in [5.74, 6) is 0.690. The van der Waals surface area contributed by atoms with Crippen LogP contribution in [0.25, 0.3) is 0 Å². The molecule has 5 nitrogen and oxygen atoms in total. The molecule has 1 unspecified atom stereocenters. The van der Waals surface area contributed by atoms with Gasteiger partial charge in [0.2, 0.25) is 0 Å². The molecule has 1 aromatic heterocycles. The monoisotopic (exact) mass is 330 g/mol. The van der Waals surface area contributed by atoms with E-state index in [2.05, 4.69) is 10.5 Å². The summed E-state index contributed by atoms with van der Waals surface area (Å²) in [7, 11) is 0. The Morgan fingerprint density at radius 2 is 2.25 bits per heavy atom. The molecular weight excluding hydrogens is 311 g/mol. The highest BCUT2D eigenvalue weighted by atomic mass is 19.1. The first-order valence-corrected chi connectivity index (χ1v) is 8.03. The summed E-state index contributed by atoms with van der Waals surface area (Å²) in [4.78, 5) is 16.8. The maximum atomic E-state index is 13.1. The van der Waals surface area contributed by atoms with Crippen LogP contribution in [0, 0.1) is 11.7 Å². The van der Waals surface area contributed by atoms with Crippen LogP contribution in [0.1, 0.15) is 31.4 Å². The van der Waals surface area contributed by atoms with Crippen LogP contribution in [0.4, 0.5) is 14.9 Å². The van der Waals surface area contributed by atoms with E-state index in [9.17, 15) is 9.18 Å². The standard InChI is InChI=1S/C18H19FN2O3/c19-14-6-3-7-15(12-14)20-18(22)24-21-17-9-2-1-5-13(17)11-16-8-4-10-23-16/h3-4,6-8,10,12-13H,1-2,5,9,11H2,(H,20,22)/b21-17+. The second kappa shape index (κ2) is 7.77. The molecule has 24 heavy (non-hydrogen) atoms. The number of nitrogens with one attached hydrogen (secondary N) is 1. The van der Waals surface area contributed by atoms with Crippen molar-refractivity contribution in [2.24, 2.45) is 11.1 Å². The highest BCUT2D eigenvalue weighted by Gasteiger charge is 2.23. The Kier molecular flexibility index (Phi) is 5.25. The molecule has 6 heteroatoms. The molecule has 1 atom stereocenters. The van der Waals surface area contributed by atoms with Crippen molar-refractivity contribution in [2.45, 2.75) is 32.1 Å². The number of halogens is 1. The van der Waals surface area contributed by atoms with Crippen molar-refractivity contribution in [3.63, 3.8) is 0 Å². The van der Waals surface area contributed by atoms with Gasteiger partial charge in [0.25, 0.3) is 0 Å². The number of benzene rings is 1. The zero-order valence-electron chi connectivity index (χ0n) is 13.2. The SMILES string of the molecule is O=C(Nc1cccc(F)c1)O/N=C1\CCCCC1Cc1ccco1. The van der Waals surface area contributed by atoms with Crippen molar-refractivity contribution in [1.29, 1.82) is 0 Å². The highest BCUT2D eigenvalue weighted by Crippen LogP contribution is 2.25. The van der Waals surface area contributed by atoms with Crippen LogP contribution in [0.15, 0.2) is 52.2 Å². The molecule has 1 N–H and O–H groups in total. The third-order valence-corrected chi connectivity index (χ3v) is 4.05. The largest absolute Gasteiger partial charge is 0.469 e. The summed E-state index contributed by atoms with van der Waals surface area (Å²) in [6, 6.07) is 9.41. The first-order valence-electron chi connectivity index (χ1n) is 8.03. The Morgan fingerprint density at radius 1 is 1.33 bits per heavy atom. The van der Waals surface area contributed by atoms with Crippen LogP contribution >= 0.6 is 0 Å². The lowest BCUT2D eigenvalue weighted by atomic mass is 9.84. The smallest absolute Gasteiger partial charge is 0.437 e. The van der Waals surface area contributed by atoms with E-state index in [1.165, 1.54) is 18.2 Å². The fraction of sp³-hybridized carbons (Fsp3) is 0.333. The van der Waals surface area contributed by atoms with Gasteiger partial charge in [0.15, 0.2) is 0 Å². The number of carbonyl (C=O) groups is 1. The Balaban J connectivity index is 1.59. The molecule has 1 aromatic carbocycles. The molecule has 0 radical (unpaired) electrons. The van der Waals surface area contributed by atoms with Gasteiger partial charge in [-0.2, -0.15) is 0 Å². The van der Waals surface area contributed by atoms with Gasteiger partial charge in [-0.25, -0.2) is 9.18 Å². The van der Waals surface area contributed by atoms with Gasteiger partial charge in [-0.05, 0) is 49.6 Å². The van der Waals surface area contributed by atoms with Gasteiger partial charge in [-0.1, -0.05) is 17.6 Å². The summed E-state index contributed by atoms with van der Waals surface area (Å²) in [5.41, 5.74) is 1.20. The van der Waals surface area contributed by atoms with Gasteiger partial charge in [-0.3, -0.25) is 10.2 Å². The normalized spacial score (nSPS) is 19.2. The van der Waals surface area contributed by atoms with Crippen LogP contribution in [0.3, 0.4) is 0 Å². The lowest BCUT2D eigenvalue weighted by Gasteiger charge is -2.22. The van der Waals surface area contributed by atoms with E-state index in [4.69, 9.17) is 9.25 Å². The molecule has 1 fully saturated rings. The summed E-state index contributed by atoms with van der Waals surface area (Å²) < 4.78 is 18.5. The predicted octanol–water partition coefficient (Wildman–Crippen LogP) is 4.76. The molecule has 1 amide bonds. The second-order valence-electron chi connectivity index (χ2n) is 5.82. The van der Waals surface area contributed by atoms with E-state index in [0.29, 0.717) is 5.69 Å². The molecule has 1 aliphatic carbocycles. The molecule has 0 spiro atoms. The van der Waals surface area contributed by atoms with Gasteiger partial charge < -0.3 is 4.42 Å². The minimum Gasteiger partial charge on any atom is -0.469 e. The van der Waals surface area contributed by atoms with Crippen LogP contribution in [0.2, 0.25) is 0 Å². The fourth-order valence-electron chi connectivity index (χ4n) is 2.89. The summed E-state index contributed by atoms with van der Waals surface area (Å²) in [6.45, 7) is 0. The van der Waals surface area contributed by atoms with Crippen LogP contribution in [-0.2, 0) is 11.3 Å². The molecule has 2 aromatic rings. The van der Waals surface area contributed by atoms with Crippen molar-refractivity contribution in [1.82, 2.24) is 0 Å². The first kappa shape index (κ1) is 16.2. The number of hydrogen-bond acceptors (Lipinski definition) is 4. The lowest BCUT2D eigenvalue weighted by Crippen LogP contribution is -2.23. The Hall–Kier alpha value is -2.63. The topological polar surface area (TPSA) is 63.8 Å². The number of rotatable bonds is 4. The molecule has 0 aliphatic heterocycles. The number of furan rings is 1. The van der Waals surface area contributed by atoms with Crippen molar-refractivity contribution in [2.75, 3.05) is 5.32 Å². The van der Waals surface area contributed by atoms with Gasteiger partial charge in [-0.15, -0.1) is 0 Å². The highest BCUT2D eigenvalue weighted by molar-refractivity contribution is 5.89. The summed E-state index contributed by atoms with van der Waals surface area (Å²) in [6.07, 6.45) is 5.63. The molecule has 1 saturated carbocycles. The average molecular weight is 330 g/mol. The number of amides is 1. The Labute approximate surface area is 139 Å². The molecule has 0 bridgehead atoms.